The molecule has 0 saturated carbocycles. The van der Waals surface area contributed by atoms with Crippen LogP contribution in [0.1, 0.15) is 44.4 Å². The van der Waals surface area contributed by atoms with E-state index in [1.807, 2.05) is 0 Å². The first-order valence-corrected chi connectivity index (χ1v) is 8.45. The molecule has 1 heterocycles. The van der Waals surface area contributed by atoms with Crippen LogP contribution in [0.15, 0.2) is 36.5 Å². The van der Waals surface area contributed by atoms with Crippen molar-refractivity contribution in [2.24, 2.45) is 18.9 Å². The first-order valence-electron chi connectivity index (χ1n) is 8.45. The number of aryl methyl sites for hydroxylation is 2. The average molecular weight is 296 g/mol. The lowest BCUT2D eigenvalue weighted by molar-refractivity contribution is -0.660. The maximum atomic E-state index is 2.35. The molecule has 1 aromatic heterocycles. The van der Waals surface area contributed by atoms with Crippen LogP contribution >= 0.6 is 0 Å². The van der Waals surface area contributed by atoms with Gasteiger partial charge in [0.1, 0.15) is 7.05 Å². The maximum Gasteiger partial charge on any atom is 0.212 e. The Balaban J connectivity index is 2.38. The molecule has 0 atom stereocenters. The van der Waals surface area contributed by atoms with Crippen molar-refractivity contribution in [1.82, 2.24) is 0 Å². The molecule has 1 aromatic carbocycles. The van der Waals surface area contributed by atoms with Gasteiger partial charge in [-0.2, -0.15) is 0 Å². The van der Waals surface area contributed by atoms with Gasteiger partial charge in [0, 0.05) is 17.7 Å². The predicted molar refractivity (Wildman–Crippen MR) is 94.9 cm³/mol. The third-order valence-corrected chi connectivity index (χ3v) is 4.07. The minimum absolute atomic E-state index is 0.690. The normalized spacial score (nSPS) is 11.5. The van der Waals surface area contributed by atoms with E-state index < -0.39 is 0 Å². The molecule has 2 rings (SSSR count). The van der Waals surface area contributed by atoms with E-state index in [0.717, 1.165) is 12.8 Å². The van der Waals surface area contributed by atoms with Gasteiger partial charge in [0.05, 0.1) is 0 Å². The van der Waals surface area contributed by atoms with Gasteiger partial charge in [-0.3, -0.25) is 0 Å². The van der Waals surface area contributed by atoms with Crippen molar-refractivity contribution in [3.05, 3.63) is 53.2 Å². The van der Waals surface area contributed by atoms with Crippen molar-refractivity contribution in [2.75, 3.05) is 0 Å². The molecule has 0 unspecified atom stereocenters. The van der Waals surface area contributed by atoms with E-state index in [2.05, 4.69) is 82.8 Å². The number of nitrogens with zero attached hydrogens (tertiary/aromatic N) is 1. The molecule has 0 radical (unpaired) electrons. The quantitative estimate of drug-likeness (QED) is 0.692. The summed E-state index contributed by atoms with van der Waals surface area (Å²) in [5.74, 6) is 1.39. The topological polar surface area (TPSA) is 3.88 Å². The van der Waals surface area contributed by atoms with Crippen LogP contribution in [0.5, 0.6) is 0 Å². The van der Waals surface area contributed by atoms with E-state index in [1.54, 1.807) is 0 Å². The van der Waals surface area contributed by atoms with Crippen molar-refractivity contribution in [1.29, 1.82) is 0 Å². The van der Waals surface area contributed by atoms with Crippen LogP contribution in [0.4, 0.5) is 0 Å². The highest BCUT2D eigenvalue weighted by Crippen LogP contribution is 2.24. The molecule has 1 heteroatoms. The van der Waals surface area contributed by atoms with Gasteiger partial charge < -0.3 is 0 Å². The molecule has 1 nitrogen and oxygen atoms in total. The van der Waals surface area contributed by atoms with Crippen molar-refractivity contribution >= 4 is 0 Å². The lowest BCUT2D eigenvalue weighted by atomic mass is 9.95. The van der Waals surface area contributed by atoms with Gasteiger partial charge in [-0.05, 0) is 54.4 Å². The lowest BCUT2D eigenvalue weighted by Crippen LogP contribution is -2.30. The van der Waals surface area contributed by atoms with Crippen molar-refractivity contribution in [3.8, 4) is 11.3 Å². The summed E-state index contributed by atoms with van der Waals surface area (Å²) in [6.45, 7) is 11.3. The zero-order valence-electron chi connectivity index (χ0n) is 15.0. The van der Waals surface area contributed by atoms with Crippen LogP contribution in [0, 0.1) is 18.8 Å². The summed E-state index contributed by atoms with van der Waals surface area (Å²) in [6.07, 6.45) is 4.48. The van der Waals surface area contributed by atoms with Crippen molar-refractivity contribution in [2.45, 2.75) is 47.5 Å². The highest BCUT2D eigenvalue weighted by Gasteiger charge is 2.14. The molecule has 0 saturated heterocycles. The van der Waals surface area contributed by atoms with Gasteiger partial charge in [-0.25, -0.2) is 4.57 Å². The summed E-state index contributed by atoms with van der Waals surface area (Å²) in [4.78, 5) is 0. The molecule has 0 spiro atoms. The third kappa shape index (κ3) is 4.19. The highest BCUT2D eigenvalue weighted by atomic mass is 14.9. The van der Waals surface area contributed by atoms with Crippen LogP contribution < -0.4 is 4.57 Å². The molecule has 2 aromatic rings. The molecule has 0 aliphatic heterocycles. The van der Waals surface area contributed by atoms with Gasteiger partial charge in [-0.15, -0.1) is 0 Å². The summed E-state index contributed by atoms with van der Waals surface area (Å²) in [7, 11) is 2.13. The fourth-order valence-corrected chi connectivity index (χ4v) is 3.09. The molecule has 0 aliphatic rings. The minimum Gasteiger partial charge on any atom is -0.201 e. The van der Waals surface area contributed by atoms with E-state index in [-0.39, 0.29) is 0 Å². The molecule has 118 valence electrons. The van der Waals surface area contributed by atoms with E-state index >= 15 is 0 Å². The molecule has 22 heavy (non-hydrogen) atoms. The van der Waals surface area contributed by atoms with E-state index in [4.69, 9.17) is 0 Å². The fraction of sp³-hybridized carbons (Fsp3) is 0.476. The summed E-state index contributed by atoms with van der Waals surface area (Å²) >= 11 is 0. The Hall–Kier alpha value is -1.63. The molecular weight excluding hydrogens is 266 g/mol. The van der Waals surface area contributed by atoms with Crippen LogP contribution in [-0.4, -0.2) is 0 Å². The van der Waals surface area contributed by atoms with Gasteiger partial charge in [-0.1, -0.05) is 39.8 Å². The summed E-state index contributed by atoms with van der Waals surface area (Å²) in [5, 5.41) is 0. The Labute approximate surface area is 136 Å². The van der Waals surface area contributed by atoms with Crippen molar-refractivity contribution < 1.29 is 4.57 Å². The molecule has 0 fully saturated rings. The Morgan fingerprint density at radius 1 is 0.864 bits per heavy atom. The largest absolute Gasteiger partial charge is 0.212 e. The Kier molecular flexibility index (Phi) is 5.39. The summed E-state index contributed by atoms with van der Waals surface area (Å²) in [6, 6.07) is 11.5. The zero-order chi connectivity index (χ0) is 16.3. The minimum atomic E-state index is 0.690. The van der Waals surface area contributed by atoms with E-state index in [1.165, 1.54) is 27.9 Å². The number of benzene rings is 1. The predicted octanol–water partition coefficient (Wildman–Crippen LogP) is 4.88. The van der Waals surface area contributed by atoms with Crippen LogP contribution in [0.25, 0.3) is 11.3 Å². The number of aromatic nitrogens is 1. The smallest absolute Gasteiger partial charge is 0.201 e. The maximum absolute atomic E-state index is 2.35. The van der Waals surface area contributed by atoms with Gasteiger partial charge in [0.2, 0.25) is 5.69 Å². The molecule has 0 bridgehead atoms. The second kappa shape index (κ2) is 7.09. The van der Waals surface area contributed by atoms with Crippen LogP contribution in [-0.2, 0) is 19.9 Å². The Bertz CT molecular complexity index is 638. The SMILES string of the molecule is Cc1cc(CC(C)C)ccc1-c1cc(CC(C)C)cc[n+]1C. The Morgan fingerprint density at radius 2 is 1.45 bits per heavy atom. The Morgan fingerprint density at radius 3 is 2.00 bits per heavy atom. The highest BCUT2D eigenvalue weighted by molar-refractivity contribution is 5.62. The van der Waals surface area contributed by atoms with Crippen LogP contribution in [0.2, 0.25) is 0 Å². The van der Waals surface area contributed by atoms with Crippen molar-refractivity contribution in [3.63, 3.8) is 0 Å². The van der Waals surface area contributed by atoms with Gasteiger partial charge in [0.25, 0.3) is 0 Å². The second-order valence-corrected chi connectivity index (χ2v) is 7.38. The molecule has 0 N–H and O–H groups in total. The molecule has 0 amide bonds. The van der Waals surface area contributed by atoms with E-state index in [9.17, 15) is 0 Å². The first-order chi connectivity index (χ1) is 10.4. The van der Waals surface area contributed by atoms with Gasteiger partial charge in [0.15, 0.2) is 6.20 Å². The molecular formula is C21H30N+. The number of rotatable bonds is 5. The second-order valence-electron chi connectivity index (χ2n) is 7.38. The number of pyridine rings is 1. The van der Waals surface area contributed by atoms with Gasteiger partial charge >= 0.3 is 0 Å². The number of hydrogen-bond acceptors (Lipinski definition) is 0. The molecule has 0 aliphatic carbocycles. The van der Waals surface area contributed by atoms with E-state index in [0.29, 0.717) is 11.8 Å². The average Bonchev–Trinajstić information content (AvgIpc) is 2.40. The third-order valence-electron chi connectivity index (χ3n) is 4.07. The lowest BCUT2D eigenvalue weighted by Gasteiger charge is -2.11. The monoisotopic (exact) mass is 296 g/mol. The first kappa shape index (κ1) is 16.7. The van der Waals surface area contributed by atoms with Crippen LogP contribution in [0.3, 0.4) is 0 Å². The summed E-state index contributed by atoms with van der Waals surface area (Å²) < 4.78 is 2.23. The fourth-order valence-electron chi connectivity index (χ4n) is 3.09. The summed E-state index contributed by atoms with van der Waals surface area (Å²) in [5.41, 5.74) is 6.90. The standard InChI is InChI=1S/C21H30N/c1-15(2)11-18-7-8-20(17(5)13-18)21-14-19(12-16(3)4)9-10-22(21)6/h7-10,13-16H,11-12H2,1-6H3/q+1. The zero-order valence-corrected chi connectivity index (χ0v) is 15.0. The number of hydrogen-bond donors (Lipinski definition) is 0.